The molecule has 0 radical (unpaired) electrons. The Morgan fingerprint density at radius 3 is 1.51 bits per heavy atom. The number of rotatable bonds is 8. The van der Waals surface area contributed by atoms with Crippen molar-refractivity contribution in [2.75, 3.05) is 6.54 Å². The number of allylic oxidation sites excluding steroid dienone is 2. The number of aromatic nitrogens is 5. The monoisotopic (exact) mass is 758 g/mol. The molecule has 59 heavy (non-hydrogen) atoms. The van der Waals surface area contributed by atoms with Crippen LogP contribution < -0.4 is 5.32 Å². The van der Waals surface area contributed by atoms with E-state index in [9.17, 15) is 0 Å². The van der Waals surface area contributed by atoms with Crippen molar-refractivity contribution in [1.29, 1.82) is 0 Å². The molecule has 0 saturated heterocycles. The molecule has 10 rings (SSSR count). The first-order valence-corrected chi connectivity index (χ1v) is 19.8. The normalized spacial score (nSPS) is 12.3. The molecule has 0 fully saturated rings. The van der Waals surface area contributed by atoms with E-state index in [2.05, 4.69) is 157 Å². The molecule has 3 aromatic heterocycles. The van der Waals surface area contributed by atoms with Crippen LogP contribution in [0.2, 0.25) is 0 Å². The number of aryl methyl sites for hydroxylation is 1. The molecule has 6 nitrogen and oxygen atoms in total. The van der Waals surface area contributed by atoms with Gasteiger partial charge in [0, 0.05) is 52.3 Å². The van der Waals surface area contributed by atoms with Crippen LogP contribution in [-0.4, -0.2) is 31.5 Å². The maximum absolute atomic E-state index is 5.03. The van der Waals surface area contributed by atoms with Gasteiger partial charge in [0.15, 0.2) is 11.6 Å². The lowest BCUT2D eigenvalue weighted by molar-refractivity contribution is 0.969. The van der Waals surface area contributed by atoms with Gasteiger partial charge in [-0.1, -0.05) is 133 Å². The molecule has 0 saturated carbocycles. The molecule has 1 aliphatic rings. The molecule has 0 atom stereocenters. The maximum Gasteiger partial charge on any atom is 0.160 e. The largest absolute Gasteiger partial charge is 0.387 e. The third-order valence-corrected chi connectivity index (χ3v) is 10.7. The Morgan fingerprint density at radius 2 is 0.932 bits per heavy atom. The minimum absolute atomic E-state index is 0.675. The fraction of sp³-hybridized carbons (Fsp3) is 0.0377. The average Bonchev–Trinajstić information content (AvgIpc) is 3.32. The van der Waals surface area contributed by atoms with Gasteiger partial charge in [-0.05, 0) is 94.7 Å². The van der Waals surface area contributed by atoms with E-state index in [1.165, 1.54) is 16.3 Å². The molecule has 0 unspecified atom stereocenters. The van der Waals surface area contributed by atoms with E-state index in [1.54, 1.807) is 12.4 Å². The maximum atomic E-state index is 5.03. The molecule has 1 N–H and O–H groups in total. The van der Waals surface area contributed by atoms with Crippen LogP contribution in [0.4, 0.5) is 0 Å². The molecule has 6 heteroatoms. The number of dihydropyridines is 1. The van der Waals surface area contributed by atoms with Gasteiger partial charge < -0.3 is 5.32 Å². The zero-order valence-corrected chi connectivity index (χ0v) is 32.4. The molecule has 280 valence electrons. The van der Waals surface area contributed by atoms with E-state index in [4.69, 9.17) is 19.9 Å². The summed E-state index contributed by atoms with van der Waals surface area (Å²) in [6, 6.07) is 57.5. The van der Waals surface area contributed by atoms with E-state index >= 15 is 0 Å². The van der Waals surface area contributed by atoms with Crippen LogP contribution in [0.1, 0.15) is 11.4 Å². The zero-order valence-electron chi connectivity index (χ0n) is 32.4. The Bertz CT molecular complexity index is 3030. The van der Waals surface area contributed by atoms with Crippen molar-refractivity contribution in [1.82, 2.24) is 30.2 Å². The lowest BCUT2D eigenvalue weighted by Crippen LogP contribution is -2.09. The third-order valence-electron chi connectivity index (χ3n) is 10.7. The highest BCUT2D eigenvalue weighted by Crippen LogP contribution is 2.33. The summed E-state index contributed by atoms with van der Waals surface area (Å²) in [6.07, 6.45) is 9.66. The Kier molecular flexibility index (Phi) is 9.41. The summed E-state index contributed by atoms with van der Waals surface area (Å²) in [5.74, 6) is 1.40. The van der Waals surface area contributed by atoms with Gasteiger partial charge in [-0.2, -0.15) is 0 Å². The summed E-state index contributed by atoms with van der Waals surface area (Å²) in [6.45, 7) is 2.85. The predicted octanol–water partition coefficient (Wildman–Crippen LogP) is 12.3. The first kappa shape index (κ1) is 35.6. The highest BCUT2D eigenvalue weighted by Gasteiger charge is 2.14. The van der Waals surface area contributed by atoms with Crippen LogP contribution in [0.25, 0.3) is 95.0 Å². The molecule has 1 aliphatic heterocycles. The van der Waals surface area contributed by atoms with Gasteiger partial charge in [-0.3, -0.25) is 4.98 Å². The first-order valence-electron chi connectivity index (χ1n) is 19.8. The van der Waals surface area contributed by atoms with Crippen molar-refractivity contribution < 1.29 is 0 Å². The summed E-state index contributed by atoms with van der Waals surface area (Å²) in [4.78, 5) is 24.2. The number of hydrogen-bond donors (Lipinski definition) is 1. The second-order valence-electron chi connectivity index (χ2n) is 14.7. The molecule has 6 aromatic carbocycles. The second-order valence-corrected chi connectivity index (χ2v) is 14.7. The van der Waals surface area contributed by atoms with Crippen molar-refractivity contribution in [2.24, 2.45) is 0 Å². The highest BCUT2D eigenvalue weighted by molar-refractivity contribution is 5.91. The predicted molar refractivity (Wildman–Crippen MR) is 241 cm³/mol. The van der Waals surface area contributed by atoms with Gasteiger partial charge >= 0.3 is 0 Å². The number of nitrogens with zero attached hydrogens (tertiary/aromatic N) is 5. The molecular weight excluding hydrogens is 721 g/mol. The Hall–Kier alpha value is -7.83. The summed E-state index contributed by atoms with van der Waals surface area (Å²) in [7, 11) is 0. The highest BCUT2D eigenvalue weighted by atomic mass is 14.9. The number of benzene rings is 6. The van der Waals surface area contributed by atoms with E-state index in [-0.39, 0.29) is 0 Å². The molecule has 0 amide bonds. The Morgan fingerprint density at radius 1 is 0.407 bits per heavy atom. The number of pyridine rings is 1. The summed E-state index contributed by atoms with van der Waals surface area (Å²) in [5, 5.41) is 5.61. The van der Waals surface area contributed by atoms with E-state index in [1.807, 2.05) is 42.6 Å². The fourth-order valence-corrected chi connectivity index (χ4v) is 7.55. The van der Waals surface area contributed by atoms with Crippen molar-refractivity contribution >= 4 is 16.3 Å². The van der Waals surface area contributed by atoms with Gasteiger partial charge in [0.05, 0.1) is 22.8 Å². The molecule has 0 bridgehead atoms. The standard InChI is InChI=1S/C53H38N6/c1-35-6-5-9-46(30-35)51-34-50(58-53(59-51)43-24-28-55-29-25-43)41-18-12-37(13-19-41)45-21-15-38-14-20-44(31-47(38)32-45)36-10-16-40(17-11-36)49-33-48(39-7-3-2-4-8-39)56-52(57-49)42-22-26-54-27-23-42/h2-26,28-34,54H,27H2,1H3. The Labute approximate surface area is 343 Å². The molecular formula is C53H38N6. The summed E-state index contributed by atoms with van der Waals surface area (Å²) >= 11 is 0. The smallest absolute Gasteiger partial charge is 0.160 e. The first-order chi connectivity index (χ1) is 29.1. The van der Waals surface area contributed by atoms with Crippen molar-refractivity contribution in [3.05, 3.63) is 206 Å². The molecule has 9 aromatic rings. The van der Waals surface area contributed by atoms with Gasteiger partial charge in [0.2, 0.25) is 0 Å². The lowest BCUT2D eigenvalue weighted by Gasteiger charge is -2.12. The van der Waals surface area contributed by atoms with Gasteiger partial charge in [0.1, 0.15) is 0 Å². The van der Waals surface area contributed by atoms with Crippen LogP contribution in [-0.2, 0) is 0 Å². The minimum atomic E-state index is 0.675. The minimum Gasteiger partial charge on any atom is -0.387 e. The van der Waals surface area contributed by atoms with Crippen LogP contribution >= 0.6 is 0 Å². The number of nitrogens with one attached hydrogen (secondary N) is 1. The average molecular weight is 759 g/mol. The van der Waals surface area contributed by atoms with Crippen molar-refractivity contribution in [3.8, 4) is 78.7 Å². The molecule has 0 aliphatic carbocycles. The van der Waals surface area contributed by atoms with E-state index < -0.39 is 0 Å². The summed E-state index contributed by atoms with van der Waals surface area (Å²) in [5.41, 5.74) is 15.5. The van der Waals surface area contributed by atoms with Gasteiger partial charge in [-0.25, -0.2) is 19.9 Å². The lowest BCUT2D eigenvalue weighted by atomic mass is 9.96. The zero-order chi connectivity index (χ0) is 39.5. The second kappa shape index (κ2) is 15.6. The number of hydrogen-bond acceptors (Lipinski definition) is 6. The van der Waals surface area contributed by atoms with Crippen molar-refractivity contribution in [2.45, 2.75) is 6.92 Å². The van der Waals surface area contributed by atoms with Crippen LogP contribution in [0.15, 0.2) is 195 Å². The SMILES string of the molecule is Cc1cccc(-c2cc(-c3ccc(-c4ccc5ccc(-c6ccc(-c7cc(-c8ccccc8)nc(C8=CCNC=C8)n7)cc6)cc5c4)cc3)nc(-c3ccncc3)n2)c1. The molecule has 0 spiro atoms. The van der Waals surface area contributed by atoms with Crippen LogP contribution in [0.3, 0.4) is 0 Å². The molecule has 4 heterocycles. The summed E-state index contributed by atoms with van der Waals surface area (Å²) < 4.78 is 0. The van der Waals surface area contributed by atoms with Gasteiger partial charge in [-0.15, -0.1) is 0 Å². The quantitative estimate of drug-likeness (QED) is 0.166. The Balaban J connectivity index is 0.939. The van der Waals surface area contributed by atoms with E-state index in [0.29, 0.717) is 5.82 Å². The van der Waals surface area contributed by atoms with E-state index in [0.717, 1.165) is 90.8 Å². The number of fused-ring (bicyclic) bond motifs is 1. The van der Waals surface area contributed by atoms with Crippen LogP contribution in [0, 0.1) is 6.92 Å². The fourth-order valence-electron chi connectivity index (χ4n) is 7.55. The third kappa shape index (κ3) is 7.55. The van der Waals surface area contributed by atoms with Crippen LogP contribution in [0.5, 0.6) is 0 Å². The topological polar surface area (TPSA) is 76.5 Å². The van der Waals surface area contributed by atoms with Gasteiger partial charge in [0.25, 0.3) is 0 Å². The van der Waals surface area contributed by atoms with Crippen molar-refractivity contribution in [3.63, 3.8) is 0 Å².